The number of carbonyl (C=O) groups excluding carboxylic acids is 1. The van der Waals surface area contributed by atoms with E-state index in [-0.39, 0.29) is 11.7 Å². The molecule has 0 aliphatic carbocycles. The molecular weight excluding hydrogens is 332 g/mol. The Morgan fingerprint density at radius 2 is 2.04 bits per heavy atom. The Hall–Kier alpha value is -2.60. The van der Waals surface area contributed by atoms with Gasteiger partial charge in [-0.05, 0) is 44.5 Å². The summed E-state index contributed by atoms with van der Waals surface area (Å²) < 4.78 is 2.01. The summed E-state index contributed by atoms with van der Waals surface area (Å²) in [5.41, 5.74) is 4.34. The monoisotopic (exact) mass is 352 g/mol. The van der Waals surface area contributed by atoms with Gasteiger partial charge in [0.1, 0.15) is 5.82 Å². The fourth-order valence-electron chi connectivity index (χ4n) is 2.58. The van der Waals surface area contributed by atoms with Crippen LogP contribution in [0.15, 0.2) is 53.9 Å². The van der Waals surface area contributed by atoms with Gasteiger partial charge >= 0.3 is 0 Å². The van der Waals surface area contributed by atoms with E-state index < -0.39 is 0 Å². The third-order valence-electron chi connectivity index (χ3n) is 3.71. The van der Waals surface area contributed by atoms with E-state index in [1.807, 2.05) is 29.8 Å². The number of benzene rings is 1. The molecule has 0 bridgehead atoms. The van der Waals surface area contributed by atoms with E-state index >= 15 is 0 Å². The Morgan fingerprint density at radius 1 is 1.20 bits per heavy atom. The van der Waals surface area contributed by atoms with E-state index in [0.717, 1.165) is 16.5 Å². The van der Waals surface area contributed by atoms with Crippen LogP contribution < -0.4 is 5.32 Å². The normalized spacial score (nSPS) is 10.7. The minimum atomic E-state index is -0.0988. The summed E-state index contributed by atoms with van der Waals surface area (Å²) in [7, 11) is 0. The summed E-state index contributed by atoms with van der Waals surface area (Å²) >= 11 is 1.41. The van der Waals surface area contributed by atoms with Crippen molar-refractivity contribution >= 4 is 23.5 Å². The zero-order valence-electron chi connectivity index (χ0n) is 14.5. The molecule has 0 saturated heterocycles. The predicted molar refractivity (Wildman–Crippen MR) is 101 cm³/mol. The number of hydrogen-bond donors (Lipinski definition) is 1. The molecular formula is C19H20N4OS. The number of hydrogen-bond acceptors (Lipinski definition) is 4. The highest BCUT2D eigenvalue weighted by atomic mass is 32.2. The van der Waals surface area contributed by atoms with E-state index in [9.17, 15) is 4.79 Å². The molecule has 25 heavy (non-hydrogen) atoms. The second-order valence-electron chi connectivity index (χ2n) is 5.87. The van der Waals surface area contributed by atoms with Gasteiger partial charge in [-0.2, -0.15) is 0 Å². The SMILES string of the molecule is Cc1ccc(-n2ccnc2SCC(=O)Nc2cccc(C)n2)c(C)c1. The Morgan fingerprint density at radius 3 is 2.80 bits per heavy atom. The number of thioether (sulfide) groups is 1. The van der Waals surface area contributed by atoms with Crippen molar-refractivity contribution in [2.75, 3.05) is 11.1 Å². The minimum absolute atomic E-state index is 0.0988. The van der Waals surface area contributed by atoms with Gasteiger partial charge in [0.15, 0.2) is 5.16 Å². The van der Waals surface area contributed by atoms with Gasteiger partial charge in [-0.3, -0.25) is 9.36 Å². The smallest absolute Gasteiger partial charge is 0.236 e. The third-order valence-corrected chi connectivity index (χ3v) is 4.67. The molecule has 5 nitrogen and oxygen atoms in total. The van der Waals surface area contributed by atoms with Gasteiger partial charge in [-0.25, -0.2) is 9.97 Å². The molecule has 0 fully saturated rings. The van der Waals surface area contributed by atoms with Gasteiger partial charge in [0, 0.05) is 18.1 Å². The number of nitrogens with zero attached hydrogens (tertiary/aromatic N) is 3. The minimum Gasteiger partial charge on any atom is -0.310 e. The summed E-state index contributed by atoms with van der Waals surface area (Å²) in [5, 5.41) is 3.61. The lowest BCUT2D eigenvalue weighted by molar-refractivity contribution is -0.113. The van der Waals surface area contributed by atoms with Crippen LogP contribution in [0.2, 0.25) is 0 Å². The summed E-state index contributed by atoms with van der Waals surface area (Å²) in [5.74, 6) is 0.749. The molecule has 6 heteroatoms. The number of aromatic nitrogens is 3. The van der Waals surface area contributed by atoms with E-state index in [0.29, 0.717) is 5.82 Å². The van der Waals surface area contributed by atoms with Crippen molar-refractivity contribution in [1.82, 2.24) is 14.5 Å². The number of anilines is 1. The maximum atomic E-state index is 12.2. The van der Waals surface area contributed by atoms with Crippen molar-refractivity contribution in [3.8, 4) is 5.69 Å². The van der Waals surface area contributed by atoms with Crippen LogP contribution in [0.5, 0.6) is 0 Å². The average molecular weight is 352 g/mol. The first-order valence-electron chi connectivity index (χ1n) is 8.00. The number of imidazole rings is 1. The zero-order chi connectivity index (χ0) is 17.8. The fourth-order valence-corrected chi connectivity index (χ4v) is 3.34. The molecule has 0 atom stereocenters. The Balaban J connectivity index is 1.68. The number of aryl methyl sites for hydroxylation is 3. The van der Waals surface area contributed by atoms with Crippen LogP contribution in [-0.2, 0) is 4.79 Å². The molecule has 0 unspecified atom stereocenters. The summed E-state index contributed by atoms with van der Waals surface area (Å²) in [6, 6.07) is 11.8. The molecule has 2 aromatic heterocycles. The molecule has 1 N–H and O–H groups in total. The molecule has 0 saturated carbocycles. The van der Waals surface area contributed by atoms with Crippen LogP contribution in [0.1, 0.15) is 16.8 Å². The van der Waals surface area contributed by atoms with Crippen LogP contribution >= 0.6 is 11.8 Å². The molecule has 128 valence electrons. The molecule has 0 spiro atoms. The first-order chi connectivity index (χ1) is 12.0. The van der Waals surface area contributed by atoms with Crippen molar-refractivity contribution in [3.05, 3.63) is 65.6 Å². The van der Waals surface area contributed by atoms with Crippen LogP contribution in [0, 0.1) is 20.8 Å². The molecule has 2 heterocycles. The predicted octanol–water partition coefficient (Wildman–Crippen LogP) is 3.92. The third kappa shape index (κ3) is 4.28. The number of amides is 1. The second kappa shape index (κ2) is 7.53. The number of nitrogens with one attached hydrogen (secondary N) is 1. The van der Waals surface area contributed by atoms with Crippen LogP contribution in [0.25, 0.3) is 5.69 Å². The highest BCUT2D eigenvalue weighted by molar-refractivity contribution is 7.99. The first kappa shape index (κ1) is 17.2. The van der Waals surface area contributed by atoms with Crippen molar-refractivity contribution in [3.63, 3.8) is 0 Å². The summed E-state index contributed by atoms with van der Waals surface area (Å²) in [4.78, 5) is 20.8. The summed E-state index contributed by atoms with van der Waals surface area (Å²) in [6.07, 6.45) is 3.67. The van der Waals surface area contributed by atoms with Gasteiger partial charge < -0.3 is 5.32 Å². The van der Waals surface area contributed by atoms with Gasteiger partial charge in [-0.1, -0.05) is 35.5 Å². The quantitative estimate of drug-likeness (QED) is 0.707. The van der Waals surface area contributed by atoms with Gasteiger partial charge in [0.05, 0.1) is 11.4 Å². The van der Waals surface area contributed by atoms with E-state index in [1.54, 1.807) is 12.3 Å². The van der Waals surface area contributed by atoms with Gasteiger partial charge in [0.25, 0.3) is 0 Å². The van der Waals surface area contributed by atoms with Crippen molar-refractivity contribution in [1.29, 1.82) is 0 Å². The Labute approximate surface area is 151 Å². The number of rotatable bonds is 5. The average Bonchev–Trinajstić information content (AvgIpc) is 3.01. The van der Waals surface area contributed by atoms with E-state index in [1.165, 1.54) is 22.9 Å². The number of pyridine rings is 1. The zero-order valence-corrected chi connectivity index (χ0v) is 15.3. The van der Waals surface area contributed by atoms with E-state index in [2.05, 4.69) is 47.3 Å². The lowest BCUT2D eigenvalue weighted by Crippen LogP contribution is -2.15. The lowest BCUT2D eigenvalue weighted by Gasteiger charge is -2.11. The molecule has 0 aliphatic heterocycles. The maximum absolute atomic E-state index is 12.2. The highest BCUT2D eigenvalue weighted by Crippen LogP contribution is 2.23. The fraction of sp³-hybridized carbons (Fsp3) is 0.211. The van der Waals surface area contributed by atoms with Crippen LogP contribution in [-0.4, -0.2) is 26.2 Å². The topological polar surface area (TPSA) is 59.8 Å². The van der Waals surface area contributed by atoms with Crippen LogP contribution in [0.3, 0.4) is 0 Å². The molecule has 0 aliphatic rings. The Bertz CT molecular complexity index is 904. The Kier molecular flexibility index (Phi) is 5.19. The van der Waals surface area contributed by atoms with E-state index in [4.69, 9.17) is 0 Å². The highest BCUT2D eigenvalue weighted by Gasteiger charge is 2.11. The lowest BCUT2D eigenvalue weighted by atomic mass is 10.1. The standard InChI is InChI=1S/C19H20N4OS/c1-13-7-8-16(14(2)11-13)23-10-9-20-19(23)25-12-18(24)22-17-6-4-5-15(3)21-17/h4-11H,12H2,1-3H3,(H,21,22,24). The summed E-state index contributed by atoms with van der Waals surface area (Å²) in [6.45, 7) is 6.04. The van der Waals surface area contributed by atoms with Crippen molar-refractivity contribution in [2.45, 2.75) is 25.9 Å². The molecule has 0 radical (unpaired) electrons. The second-order valence-corrected chi connectivity index (χ2v) is 6.81. The largest absolute Gasteiger partial charge is 0.310 e. The first-order valence-corrected chi connectivity index (χ1v) is 8.99. The number of carbonyl (C=O) groups is 1. The molecule has 1 amide bonds. The molecule has 3 rings (SSSR count). The van der Waals surface area contributed by atoms with Gasteiger partial charge in [-0.15, -0.1) is 0 Å². The molecule has 3 aromatic rings. The maximum Gasteiger partial charge on any atom is 0.236 e. The van der Waals surface area contributed by atoms with Gasteiger partial charge in [0.2, 0.25) is 5.91 Å². The molecule has 1 aromatic carbocycles. The van der Waals surface area contributed by atoms with Crippen molar-refractivity contribution in [2.24, 2.45) is 0 Å². The van der Waals surface area contributed by atoms with Crippen LogP contribution in [0.4, 0.5) is 5.82 Å². The van der Waals surface area contributed by atoms with Crippen molar-refractivity contribution < 1.29 is 4.79 Å².